The fourth-order valence-corrected chi connectivity index (χ4v) is 2.54. The molecule has 1 aliphatic heterocycles. The number of ether oxygens (including phenoxy) is 1. The molecule has 1 fully saturated rings. The zero-order valence-corrected chi connectivity index (χ0v) is 12.6. The summed E-state index contributed by atoms with van der Waals surface area (Å²) < 4.78 is 5.33. The first-order valence-corrected chi connectivity index (χ1v) is 7.18. The first-order valence-electron chi connectivity index (χ1n) is 7.18. The number of rotatable bonds is 2. The van der Waals surface area contributed by atoms with E-state index in [1.807, 2.05) is 30.0 Å². The summed E-state index contributed by atoms with van der Waals surface area (Å²) in [6.45, 7) is 3.20. The zero-order valence-electron chi connectivity index (χ0n) is 12.6. The van der Waals surface area contributed by atoms with Gasteiger partial charge in [0.15, 0.2) is 0 Å². The third kappa shape index (κ3) is 3.84. The summed E-state index contributed by atoms with van der Waals surface area (Å²) in [4.78, 5) is 14.5. The van der Waals surface area contributed by atoms with Crippen molar-refractivity contribution in [1.82, 2.24) is 4.90 Å². The topological polar surface area (TPSA) is 49.8 Å². The van der Waals surface area contributed by atoms with Gasteiger partial charge >= 0.3 is 0 Å². The number of likely N-dealkylation sites (tertiary alicyclic amines) is 1. The van der Waals surface area contributed by atoms with Crippen LogP contribution in [0.1, 0.15) is 34.3 Å². The van der Waals surface area contributed by atoms with Crippen LogP contribution in [0, 0.1) is 18.8 Å². The van der Waals surface area contributed by atoms with Crippen LogP contribution in [0.25, 0.3) is 0 Å². The summed E-state index contributed by atoms with van der Waals surface area (Å²) in [5.41, 5.74) is 2.39. The van der Waals surface area contributed by atoms with Crippen LogP contribution in [0.15, 0.2) is 18.2 Å². The number of aliphatic hydroxyl groups is 1. The molecule has 0 radical (unpaired) electrons. The van der Waals surface area contributed by atoms with E-state index in [2.05, 4.69) is 11.8 Å². The molecule has 2 rings (SSSR count). The molecule has 1 amide bonds. The summed E-state index contributed by atoms with van der Waals surface area (Å²) in [5.74, 6) is 5.50. The molecule has 0 aliphatic carbocycles. The summed E-state index contributed by atoms with van der Waals surface area (Å²) >= 11 is 0. The lowest BCUT2D eigenvalue weighted by Gasteiger charge is -2.31. The van der Waals surface area contributed by atoms with Gasteiger partial charge in [0.1, 0.15) is 6.61 Å². The highest BCUT2D eigenvalue weighted by Crippen LogP contribution is 2.18. The maximum absolute atomic E-state index is 12.6. The fourth-order valence-electron chi connectivity index (χ4n) is 2.54. The Balaban J connectivity index is 2.15. The number of methoxy groups -OCH3 is 1. The molecule has 1 aliphatic rings. The van der Waals surface area contributed by atoms with Crippen LogP contribution >= 0.6 is 0 Å². The molecule has 4 nitrogen and oxygen atoms in total. The van der Waals surface area contributed by atoms with Gasteiger partial charge in [0.05, 0.1) is 6.10 Å². The second kappa shape index (κ2) is 7.26. The van der Waals surface area contributed by atoms with E-state index in [9.17, 15) is 4.79 Å². The van der Waals surface area contributed by atoms with Crippen molar-refractivity contribution in [2.24, 2.45) is 0 Å². The number of nitrogens with zero attached hydrogens (tertiary/aromatic N) is 1. The zero-order chi connectivity index (χ0) is 15.2. The average molecular weight is 287 g/mol. The quantitative estimate of drug-likeness (QED) is 0.840. The number of aryl methyl sites for hydroxylation is 1. The summed E-state index contributed by atoms with van der Waals surface area (Å²) in [6, 6.07) is 5.57. The molecule has 112 valence electrons. The summed E-state index contributed by atoms with van der Waals surface area (Å²) in [5, 5.41) is 8.75. The maximum Gasteiger partial charge on any atom is 0.254 e. The van der Waals surface area contributed by atoms with E-state index in [4.69, 9.17) is 9.84 Å². The largest absolute Gasteiger partial charge is 0.384 e. The number of piperidine rings is 1. The van der Waals surface area contributed by atoms with E-state index in [1.165, 1.54) is 0 Å². The normalized spacial score (nSPS) is 15.5. The molecule has 1 saturated heterocycles. The van der Waals surface area contributed by atoms with E-state index in [0.29, 0.717) is 5.56 Å². The van der Waals surface area contributed by atoms with Gasteiger partial charge in [-0.15, -0.1) is 0 Å². The Morgan fingerprint density at radius 1 is 1.43 bits per heavy atom. The first kappa shape index (κ1) is 15.6. The lowest BCUT2D eigenvalue weighted by molar-refractivity contribution is 0.0350. The molecule has 1 aromatic carbocycles. The highest BCUT2D eigenvalue weighted by molar-refractivity contribution is 5.96. The minimum Gasteiger partial charge on any atom is -0.384 e. The van der Waals surface area contributed by atoms with Crippen LogP contribution in [0.4, 0.5) is 0 Å². The fraction of sp³-hybridized carbons (Fsp3) is 0.471. The molecule has 1 aromatic rings. The van der Waals surface area contributed by atoms with Crippen molar-refractivity contribution in [3.05, 3.63) is 34.9 Å². The molecule has 0 bridgehead atoms. The van der Waals surface area contributed by atoms with E-state index in [0.717, 1.165) is 37.1 Å². The summed E-state index contributed by atoms with van der Waals surface area (Å²) in [6.07, 6.45) is 2.02. The summed E-state index contributed by atoms with van der Waals surface area (Å²) in [7, 11) is 1.72. The smallest absolute Gasteiger partial charge is 0.254 e. The highest BCUT2D eigenvalue weighted by Gasteiger charge is 2.24. The second-order valence-corrected chi connectivity index (χ2v) is 5.22. The van der Waals surface area contributed by atoms with Crippen molar-refractivity contribution in [1.29, 1.82) is 0 Å². The molecular formula is C17H21NO3. The SMILES string of the molecule is COC1CCN(C(=O)c2cc(C#CCO)ccc2C)CC1. The number of hydrogen-bond acceptors (Lipinski definition) is 3. The third-order valence-corrected chi connectivity index (χ3v) is 3.84. The van der Waals surface area contributed by atoms with Gasteiger partial charge in [-0.3, -0.25) is 4.79 Å². The highest BCUT2D eigenvalue weighted by atomic mass is 16.5. The van der Waals surface area contributed by atoms with Gasteiger partial charge in [-0.25, -0.2) is 0 Å². The molecule has 0 spiro atoms. The minimum atomic E-state index is -0.179. The Bertz CT molecular complexity index is 563. The van der Waals surface area contributed by atoms with Gasteiger partial charge < -0.3 is 14.7 Å². The van der Waals surface area contributed by atoms with Crippen molar-refractivity contribution in [2.75, 3.05) is 26.8 Å². The average Bonchev–Trinajstić information content (AvgIpc) is 2.53. The van der Waals surface area contributed by atoms with Crippen LogP contribution in [0.2, 0.25) is 0 Å². The van der Waals surface area contributed by atoms with Gasteiger partial charge in [-0.05, 0) is 37.5 Å². The van der Waals surface area contributed by atoms with Crippen molar-refractivity contribution >= 4 is 5.91 Å². The number of benzene rings is 1. The molecule has 0 saturated carbocycles. The molecule has 1 heterocycles. The van der Waals surface area contributed by atoms with Gasteiger partial charge in [0.2, 0.25) is 0 Å². The van der Waals surface area contributed by atoms with Crippen LogP contribution in [0.3, 0.4) is 0 Å². The van der Waals surface area contributed by atoms with Crippen molar-refractivity contribution in [3.63, 3.8) is 0 Å². The van der Waals surface area contributed by atoms with Crippen molar-refractivity contribution < 1.29 is 14.6 Å². The third-order valence-electron chi connectivity index (χ3n) is 3.84. The standard InChI is InChI=1S/C17H21NO3/c1-13-5-6-14(4-3-11-19)12-16(13)17(20)18-9-7-15(21-2)8-10-18/h5-6,12,15,19H,7-11H2,1-2H3. The number of carbonyl (C=O) groups excluding carboxylic acids is 1. The predicted octanol–water partition coefficient (Wildman–Crippen LogP) is 1.59. The van der Waals surface area contributed by atoms with Crippen LogP contribution in [0.5, 0.6) is 0 Å². The van der Waals surface area contributed by atoms with Gasteiger partial charge in [-0.2, -0.15) is 0 Å². The molecule has 4 heteroatoms. The molecule has 0 unspecified atom stereocenters. The van der Waals surface area contributed by atoms with Crippen LogP contribution < -0.4 is 0 Å². The Morgan fingerprint density at radius 3 is 2.76 bits per heavy atom. The van der Waals surface area contributed by atoms with Gasteiger partial charge in [-0.1, -0.05) is 17.9 Å². The van der Waals surface area contributed by atoms with E-state index in [-0.39, 0.29) is 18.6 Å². The number of carbonyl (C=O) groups is 1. The van der Waals surface area contributed by atoms with Gasteiger partial charge in [0, 0.05) is 31.3 Å². The molecular weight excluding hydrogens is 266 g/mol. The molecule has 1 N–H and O–H groups in total. The van der Waals surface area contributed by atoms with E-state index >= 15 is 0 Å². The Labute approximate surface area is 125 Å². The Kier molecular flexibility index (Phi) is 5.38. The Morgan fingerprint density at radius 2 is 2.14 bits per heavy atom. The maximum atomic E-state index is 12.6. The molecule has 0 atom stereocenters. The number of hydrogen-bond donors (Lipinski definition) is 1. The first-order chi connectivity index (χ1) is 10.2. The lowest BCUT2D eigenvalue weighted by Crippen LogP contribution is -2.40. The van der Waals surface area contributed by atoms with Crippen LogP contribution in [-0.4, -0.2) is 48.8 Å². The lowest BCUT2D eigenvalue weighted by atomic mass is 10.0. The van der Waals surface area contributed by atoms with Gasteiger partial charge in [0.25, 0.3) is 5.91 Å². The minimum absolute atomic E-state index is 0.0506. The monoisotopic (exact) mass is 287 g/mol. The predicted molar refractivity (Wildman–Crippen MR) is 81.1 cm³/mol. The number of amides is 1. The molecule has 21 heavy (non-hydrogen) atoms. The van der Waals surface area contributed by atoms with Crippen molar-refractivity contribution in [2.45, 2.75) is 25.9 Å². The molecule has 0 aromatic heterocycles. The van der Waals surface area contributed by atoms with E-state index < -0.39 is 0 Å². The van der Waals surface area contributed by atoms with Crippen molar-refractivity contribution in [3.8, 4) is 11.8 Å². The van der Waals surface area contributed by atoms with Crippen LogP contribution in [-0.2, 0) is 4.74 Å². The Hall–Kier alpha value is -1.83. The number of aliphatic hydroxyl groups excluding tert-OH is 1. The second-order valence-electron chi connectivity index (χ2n) is 5.22. The van der Waals surface area contributed by atoms with E-state index in [1.54, 1.807) is 7.11 Å².